The number of hydrogen-bond donors (Lipinski definition) is 1. The van der Waals surface area contributed by atoms with Crippen molar-refractivity contribution in [2.75, 3.05) is 6.54 Å². The molecule has 0 spiro atoms. The lowest BCUT2D eigenvalue weighted by Gasteiger charge is -2.32. The Morgan fingerprint density at radius 1 is 1.14 bits per heavy atom. The van der Waals surface area contributed by atoms with E-state index in [1.54, 1.807) is 0 Å². The van der Waals surface area contributed by atoms with Gasteiger partial charge in [0, 0.05) is 24.5 Å². The van der Waals surface area contributed by atoms with Gasteiger partial charge >= 0.3 is 0 Å². The molecule has 0 radical (unpaired) electrons. The van der Waals surface area contributed by atoms with Crippen LogP contribution in [0.2, 0.25) is 0 Å². The number of rotatable bonds is 3. The van der Waals surface area contributed by atoms with Crippen LogP contribution in [0.5, 0.6) is 0 Å². The first-order valence-electron chi connectivity index (χ1n) is 8.34. The van der Waals surface area contributed by atoms with Gasteiger partial charge in [-0.25, -0.2) is 0 Å². The molecule has 122 valence electrons. The molecule has 22 heavy (non-hydrogen) atoms. The SMILES string of the molecule is Cl.NC1CCCC(C(=O)N2CCCC2Cc2ccccc2)C1. The average Bonchev–Trinajstić information content (AvgIpc) is 2.95. The first kappa shape index (κ1) is 17.3. The van der Waals surface area contributed by atoms with E-state index in [0.717, 1.165) is 51.5 Å². The van der Waals surface area contributed by atoms with Crippen molar-refractivity contribution in [1.29, 1.82) is 0 Å². The number of nitrogens with zero attached hydrogens (tertiary/aromatic N) is 1. The number of carbonyl (C=O) groups excluding carboxylic acids is 1. The molecule has 4 heteroatoms. The smallest absolute Gasteiger partial charge is 0.225 e. The molecule has 3 atom stereocenters. The van der Waals surface area contributed by atoms with E-state index in [2.05, 4.69) is 29.2 Å². The molecule has 2 aliphatic rings. The maximum absolute atomic E-state index is 12.8. The van der Waals surface area contributed by atoms with Crippen LogP contribution in [0.25, 0.3) is 0 Å². The van der Waals surface area contributed by atoms with E-state index in [9.17, 15) is 4.79 Å². The summed E-state index contributed by atoms with van der Waals surface area (Å²) in [6.45, 7) is 0.933. The fourth-order valence-corrected chi connectivity index (χ4v) is 3.91. The van der Waals surface area contributed by atoms with E-state index in [1.807, 2.05) is 6.07 Å². The Kier molecular flexibility index (Phi) is 6.27. The van der Waals surface area contributed by atoms with Gasteiger partial charge in [0.1, 0.15) is 0 Å². The van der Waals surface area contributed by atoms with Gasteiger partial charge in [0.25, 0.3) is 0 Å². The van der Waals surface area contributed by atoms with E-state index < -0.39 is 0 Å². The van der Waals surface area contributed by atoms with Crippen molar-refractivity contribution >= 4 is 18.3 Å². The first-order valence-corrected chi connectivity index (χ1v) is 8.34. The maximum atomic E-state index is 12.8. The Morgan fingerprint density at radius 2 is 1.91 bits per heavy atom. The van der Waals surface area contributed by atoms with Crippen molar-refractivity contribution in [3.8, 4) is 0 Å². The molecule has 1 saturated heterocycles. The highest BCUT2D eigenvalue weighted by atomic mass is 35.5. The Morgan fingerprint density at radius 3 is 2.64 bits per heavy atom. The minimum absolute atomic E-state index is 0. The van der Waals surface area contributed by atoms with Crippen molar-refractivity contribution < 1.29 is 4.79 Å². The molecule has 3 nitrogen and oxygen atoms in total. The summed E-state index contributed by atoms with van der Waals surface area (Å²) in [7, 11) is 0. The molecule has 2 N–H and O–H groups in total. The van der Waals surface area contributed by atoms with Crippen LogP contribution in [-0.4, -0.2) is 29.4 Å². The highest BCUT2D eigenvalue weighted by Gasteiger charge is 2.34. The Bertz CT molecular complexity index is 479. The van der Waals surface area contributed by atoms with Gasteiger partial charge in [-0.05, 0) is 44.1 Å². The van der Waals surface area contributed by atoms with Gasteiger partial charge in [0.2, 0.25) is 5.91 Å². The lowest BCUT2D eigenvalue weighted by molar-refractivity contribution is -0.137. The van der Waals surface area contributed by atoms with Crippen LogP contribution in [0.3, 0.4) is 0 Å². The molecule has 2 fully saturated rings. The molecule has 0 bridgehead atoms. The van der Waals surface area contributed by atoms with Crippen molar-refractivity contribution in [1.82, 2.24) is 4.90 Å². The number of carbonyl (C=O) groups is 1. The summed E-state index contributed by atoms with van der Waals surface area (Å²) < 4.78 is 0. The summed E-state index contributed by atoms with van der Waals surface area (Å²) in [6.07, 6.45) is 7.37. The number of nitrogens with two attached hydrogens (primary N) is 1. The van der Waals surface area contributed by atoms with Gasteiger partial charge in [-0.1, -0.05) is 36.8 Å². The summed E-state index contributed by atoms with van der Waals surface area (Å²) in [5.74, 6) is 0.536. The van der Waals surface area contributed by atoms with Crippen molar-refractivity contribution in [2.45, 2.75) is 57.0 Å². The van der Waals surface area contributed by atoms with Gasteiger partial charge in [-0.15, -0.1) is 12.4 Å². The second-order valence-electron chi connectivity index (χ2n) is 6.64. The normalized spacial score (nSPS) is 28.2. The fraction of sp³-hybridized carbons (Fsp3) is 0.611. The first-order chi connectivity index (χ1) is 10.2. The quantitative estimate of drug-likeness (QED) is 0.929. The number of benzene rings is 1. The second-order valence-corrected chi connectivity index (χ2v) is 6.64. The lowest BCUT2D eigenvalue weighted by atomic mass is 9.85. The predicted molar refractivity (Wildman–Crippen MR) is 92.1 cm³/mol. The molecule has 1 heterocycles. The second kappa shape index (κ2) is 7.98. The van der Waals surface area contributed by atoms with Crippen LogP contribution in [0.4, 0.5) is 0 Å². The van der Waals surface area contributed by atoms with E-state index in [-0.39, 0.29) is 24.4 Å². The van der Waals surface area contributed by atoms with E-state index in [0.29, 0.717) is 11.9 Å². The molecule has 1 aliphatic carbocycles. The Hall–Kier alpha value is -1.06. The summed E-state index contributed by atoms with van der Waals surface area (Å²) in [6, 6.07) is 11.1. The molecule has 1 aromatic carbocycles. The molecule has 3 unspecified atom stereocenters. The van der Waals surface area contributed by atoms with Crippen molar-refractivity contribution in [3.63, 3.8) is 0 Å². The summed E-state index contributed by atoms with van der Waals surface area (Å²) in [4.78, 5) is 15.0. The third-order valence-electron chi connectivity index (χ3n) is 5.04. The van der Waals surface area contributed by atoms with Crippen LogP contribution in [0.15, 0.2) is 30.3 Å². The average molecular weight is 323 g/mol. The molecule has 1 amide bonds. The van der Waals surface area contributed by atoms with E-state index in [4.69, 9.17) is 5.73 Å². The van der Waals surface area contributed by atoms with E-state index in [1.165, 1.54) is 5.56 Å². The van der Waals surface area contributed by atoms with Gasteiger partial charge in [-0.2, -0.15) is 0 Å². The lowest BCUT2D eigenvalue weighted by Crippen LogP contribution is -2.43. The maximum Gasteiger partial charge on any atom is 0.225 e. The summed E-state index contributed by atoms with van der Waals surface area (Å²) in [5, 5.41) is 0. The van der Waals surface area contributed by atoms with Gasteiger partial charge in [0.15, 0.2) is 0 Å². The summed E-state index contributed by atoms with van der Waals surface area (Å²) in [5.41, 5.74) is 7.38. The van der Waals surface area contributed by atoms with Crippen LogP contribution in [0.1, 0.15) is 44.1 Å². The molecule has 1 aliphatic heterocycles. The molecular formula is C18H27ClN2O. The minimum atomic E-state index is 0. The zero-order valence-electron chi connectivity index (χ0n) is 13.1. The molecule has 0 aromatic heterocycles. The third-order valence-corrected chi connectivity index (χ3v) is 5.04. The number of amides is 1. The highest BCUT2D eigenvalue weighted by Crippen LogP contribution is 2.29. The summed E-state index contributed by atoms with van der Waals surface area (Å²) >= 11 is 0. The largest absolute Gasteiger partial charge is 0.339 e. The van der Waals surface area contributed by atoms with Crippen LogP contribution in [-0.2, 0) is 11.2 Å². The van der Waals surface area contributed by atoms with Gasteiger partial charge in [0.05, 0.1) is 0 Å². The molecular weight excluding hydrogens is 296 g/mol. The van der Waals surface area contributed by atoms with Crippen molar-refractivity contribution in [2.24, 2.45) is 11.7 Å². The van der Waals surface area contributed by atoms with E-state index >= 15 is 0 Å². The topological polar surface area (TPSA) is 46.3 Å². The zero-order chi connectivity index (χ0) is 14.7. The highest BCUT2D eigenvalue weighted by molar-refractivity contribution is 5.85. The molecule has 3 rings (SSSR count). The Balaban J connectivity index is 0.00000176. The number of halogens is 1. The minimum Gasteiger partial charge on any atom is -0.339 e. The molecule has 1 aromatic rings. The van der Waals surface area contributed by atoms with Gasteiger partial charge < -0.3 is 10.6 Å². The Labute approximate surface area is 139 Å². The fourth-order valence-electron chi connectivity index (χ4n) is 3.91. The van der Waals surface area contributed by atoms with Gasteiger partial charge in [-0.3, -0.25) is 4.79 Å². The molecule has 1 saturated carbocycles. The van der Waals surface area contributed by atoms with Crippen LogP contribution in [0, 0.1) is 5.92 Å². The number of hydrogen-bond acceptors (Lipinski definition) is 2. The van der Waals surface area contributed by atoms with Crippen molar-refractivity contribution in [3.05, 3.63) is 35.9 Å². The third kappa shape index (κ3) is 4.02. The number of likely N-dealkylation sites (tertiary alicyclic amines) is 1. The zero-order valence-corrected chi connectivity index (χ0v) is 13.9. The van der Waals surface area contributed by atoms with Crippen LogP contribution >= 0.6 is 12.4 Å². The monoisotopic (exact) mass is 322 g/mol. The van der Waals surface area contributed by atoms with Crippen LogP contribution < -0.4 is 5.73 Å². The standard InChI is InChI=1S/C18H26N2O.ClH/c19-16-9-4-8-15(13-16)18(21)20-11-5-10-17(20)12-14-6-2-1-3-7-14;/h1-3,6-7,15-17H,4-5,8-13,19H2;1H. The predicted octanol–water partition coefficient (Wildman–Crippen LogP) is 3.16.